The molecule has 0 spiro atoms. The number of amides is 1. The first-order valence-corrected chi connectivity index (χ1v) is 5.24. The molecule has 0 saturated heterocycles. The van der Waals surface area contributed by atoms with Gasteiger partial charge in [-0.3, -0.25) is 4.90 Å². The van der Waals surface area contributed by atoms with Crippen LogP contribution in [0.5, 0.6) is 0 Å². The van der Waals surface area contributed by atoms with Gasteiger partial charge in [0.05, 0.1) is 0 Å². The van der Waals surface area contributed by atoms with Gasteiger partial charge >= 0.3 is 12.1 Å². The number of aromatic carboxylic acids is 1. The van der Waals surface area contributed by atoms with Crippen LogP contribution >= 0.6 is 0 Å². The van der Waals surface area contributed by atoms with Gasteiger partial charge in [0.2, 0.25) is 5.82 Å². The first-order valence-electron chi connectivity index (χ1n) is 5.24. The Morgan fingerprint density at radius 3 is 2.50 bits per heavy atom. The van der Waals surface area contributed by atoms with Crippen LogP contribution in [0.3, 0.4) is 0 Å². The molecule has 0 aliphatic rings. The summed E-state index contributed by atoms with van der Waals surface area (Å²) in [6, 6.07) is 1.43. The first kappa shape index (κ1) is 13.9. The summed E-state index contributed by atoms with van der Waals surface area (Å²) in [4.78, 5) is 30.9. The van der Waals surface area contributed by atoms with Crippen LogP contribution in [0.4, 0.5) is 10.6 Å². The van der Waals surface area contributed by atoms with E-state index in [0.717, 1.165) is 4.90 Å². The van der Waals surface area contributed by atoms with Crippen molar-refractivity contribution in [1.82, 2.24) is 9.97 Å². The van der Waals surface area contributed by atoms with Crippen molar-refractivity contribution in [3.63, 3.8) is 0 Å². The summed E-state index contributed by atoms with van der Waals surface area (Å²) in [5, 5.41) is 8.76. The van der Waals surface area contributed by atoms with Crippen molar-refractivity contribution in [2.24, 2.45) is 0 Å². The molecule has 18 heavy (non-hydrogen) atoms. The average Bonchev–Trinajstić information content (AvgIpc) is 2.26. The van der Waals surface area contributed by atoms with E-state index in [-0.39, 0.29) is 11.6 Å². The summed E-state index contributed by atoms with van der Waals surface area (Å²) in [6.45, 7) is 5.21. The van der Waals surface area contributed by atoms with E-state index in [0.29, 0.717) is 0 Å². The summed E-state index contributed by atoms with van der Waals surface area (Å²) in [7, 11) is 1.45. The van der Waals surface area contributed by atoms with Crippen molar-refractivity contribution in [2.75, 3.05) is 11.9 Å². The molecule has 1 N–H and O–H groups in total. The van der Waals surface area contributed by atoms with Gasteiger partial charge in [0.15, 0.2) is 0 Å². The highest BCUT2D eigenvalue weighted by Crippen LogP contribution is 2.14. The Morgan fingerprint density at radius 1 is 1.39 bits per heavy atom. The number of carbonyl (C=O) groups is 2. The van der Waals surface area contributed by atoms with Crippen LogP contribution in [-0.2, 0) is 4.74 Å². The van der Waals surface area contributed by atoms with Crippen molar-refractivity contribution in [1.29, 1.82) is 0 Å². The quantitative estimate of drug-likeness (QED) is 0.859. The summed E-state index contributed by atoms with van der Waals surface area (Å²) in [6.07, 6.45) is 0.657. The molecular formula is C11H15N3O4. The van der Waals surface area contributed by atoms with Gasteiger partial charge in [-0.1, -0.05) is 0 Å². The molecular weight excluding hydrogens is 238 g/mol. The molecule has 7 nitrogen and oxygen atoms in total. The molecule has 7 heteroatoms. The van der Waals surface area contributed by atoms with Gasteiger partial charge in [-0.2, -0.15) is 0 Å². The Hall–Kier alpha value is -2.18. The summed E-state index contributed by atoms with van der Waals surface area (Å²) >= 11 is 0. The van der Waals surface area contributed by atoms with Gasteiger partial charge in [0, 0.05) is 13.2 Å². The molecule has 0 radical (unpaired) electrons. The molecule has 0 atom stereocenters. The maximum absolute atomic E-state index is 11.7. The topological polar surface area (TPSA) is 92.6 Å². The van der Waals surface area contributed by atoms with E-state index in [2.05, 4.69) is 9.97 Å². The van der Waals surface area contributed by atoms with E-state index >= 15 is 0 Å². The number of carbonyl (C=O) groups excluding carboxylic acids is 1. The standard InChI is InChI=1S/C11H15N3O4/c1-11(2,3)18-10(17)14(4)7-5-6-12-8(13-7)9(15)16/h5-6H,1-4H3,(H,15,16). The van der Waals surface area contributed by atoms with Crippen LogP contribution < -0.4 is 4.90 Å². The summed E-state index contributed by atoms with van der Waals surface area (Å²) < 4.78 is 5.13. The lowest BCUT2D eigenvalue weighted by molar-refractivity contribution is 0.0585. The fourth-order valence-corrected chi connectivity index (χ4v) is 1.06. The highest BCUT2D eigenvalue weighted by atomic mass is 16.6. The van der Waals surface area contributed by atoms with E-state index in [1.54, 1.807) is 20.8 Å². The summed E-state index contributed by atoms with van der Waals surface area (Å²) in [5.74, 6) is -1.46. The Balaban J connectivity index is 2.90. The predicted octanol–water partition coefficient (Wildman–Crippen LogP) is 1.55. The van der Waals surface area contributed by atoms with E-state index in [4.69, 9.17) is 9.84 Å². The fraction of sp³-hybridized carbons (Fsp3) is 0.455. The van der Waals surface area contributed by atoms with Crippen LogP contribution in [0, 0.1) is 0 Å². The highest BCUT2D eigenvalue weighted by Gasteiger charge is 2.22. The van der Waals surface area contributed by atoms with Crippen LogP contribution in [0.25, 0.3) is 0 Å². The zero-order valence-corrected chi connectivity index (χ0v) is 10.7. The number of aromatic nitrogens is 2. The predicted molar refractivity (Wildman–Crippen MR) is 63.6 cm³/mol. The Kier molecular flexibility index (Phi) is 3.85. The van der Waals surface area contributed by atoms with Gasteiger partial charge in [-0.05, 0) is 26.8 Å². The minimum Gasteiger partial charge on any atom is -0.475 e. The smallest absolute Gasteiger partial charge is 0.415 e. The molecule has 98 valence electrons. The molecule has 1 amide bonds. The maximum Gasteiger partial charge on any atom is 0.415 e. The highest BCUT2D eigenvalue weighted by molar-refractivity contribution is 5.87. The number of carboxylic acids is 1. The summed E-state index contributed by atoms with van der Waals surface area (Å²) in [5.41, 5.74) is -0.631. The molecule has 0 fully saturated rings. The van der Waals surface area contributed by atoms with Crippen LogP contribution in [0.2, 0.25) is 0 Å². The van der Waals surface area contributed by atoms with Crippen molar-refractivity contribution >= 4 is 17.9 Å². The van der Waals surface area contributed by atoms with Gasteiger partial charge in [-0.25, -0.2) is 19.6 Å². The van der Waals surface area contributed by atoms with E-state index < -0.39 is 17.7 Å². The largest absolute Gasteiger partial charge is 0.475 e. The van der Waals surface area contributed by atoms with Crippen LogP contribution in [-0.4, -0.2) is 39.8 Å². The second-order valence-electron chi connectivity index (χ2n) is 4.58. The van der Waals surface area contributed by atoms with Crippen molar-refractivity contribution in [3.05, 3.63) is 18.1 Å². The Labute approximate surface area is 104 Å². The molecule has 0 aromatic carbocycles. The van der Waals surface area contributed by atoms with Gasteiger partial charge in [-0.15, -0.1) is 0 Å². The third kappa shape index (κ3) is 3.69. The molecule has 0 saturated carbocycles. The number of nitrogens with zero attached hydrogens (tertiary/aromatic N) is 3. The van der Waals surface area contributed by atoms with Crippen molar-refractivity contribution in [2.45, 2.75) is 26.4 Å². The van der Waals surface area contributed by atoms with Crippen LogP contribution in [0.15, 0.2) is 12.3 Å². The third-order valence-electron chi connectivity index (χ3n) is 1.84. The number of hydrogen-bond acceptors (Lipinski definition) is 5. The molecule has 1 heterocycles. The fourth-order valence-electron chi connectivity index (χ4n) is 1.06. The minimum absolute atomic E-state index is 0.164. The van der Waals surface area contributed by atoms with Gasteiger partial charge in [0.25, 0.3) is 0 Å². The Bertz CT molecular complexity index is 468. The maximum atomic E-state index is 11.7. The number of hydrogen-bond donors (Lipinski definition) is 1. The first-order chi connectivity index (χ1) is 8.20. The van der Waals surface area contributed by atoms with Gasteiger partial charge < -0.3 is 9.84 Å². The van der Waals surface area contributed by atoms with E-state index in [1.807, 2.05) is 0 Å². The second-order valence-corrected chi connectivity index (χ2v) is 4.58. The zero-order chi connectivity index (χ0) is 13.9. The molecule has 0 aliphatic carbocycles. The second kappa shape index (κ2) is 4.99. The average molecular weight is 253 g/mol. The lowest BCUT2D eigenvalue weighted by atomic mass is 10.2. The lowest BCUT2D eigenvalue weighted by Gasteiger charge is -2.24. The normalized spacial score (nSPS) is 10.9. The lowest BCUT2D eigenvalue weighted by Crippen LogP contribution is -2.34. The molecule has 0 bridgehead atoms. The van der Waals surface area contributed by atoms with E-state index in [1.165, 1.54) is 19.3 Å². The van der Waals surface area contributed by atoms with Crippen molar-refractivity contribution < 1.29 is 19.4 Å². The van der Waals surface area contributed by atoms with Crippen LogP contribution in [0.1, 0.15) is 31.4 Å². The number of rotatable bonds is 2. The van der Waals surface area contributed by atoms with Gasteiger partial charge in [0.1, 0.15) is 11.4 Å². The number of anilines is 1. The minimum atomic E-state index is -1.26. The van der Waals surface area contributed by atoms with E-state index in [9.17, 15) is 9.59 Å². The molecule has 1 aromatic heterocycles. The molecule has 1 aromatic rings. The Morgan fingerprint density at radius 2 is 2.00 bits per heavy atom. The molecule has 1 rings (SSSR count). The number of ether oxygens (including phenoxy) is 1. The zero-order valence-electron chi connectivity index (χ0n) is 10.7. The molecule has 0 unspecified atom stereocenters. The third-order valence-corrected chi connectivity index (χ3v) is 1.84. The monoisotopic (exact) mass is 253 g/mol. The number of carboxylic acid groups (broad SMARTS) is 1. The SMILES string of the molecule is CN(C(=O)OC(C)(C)C)c1ccnc(C(=O)O)n1. The van der Waals surface area contributed by atoms with Crippen molar-refractivity contribution in [3.8, 4) is 0 Å². The molecule has 0 aliphatic heterocycles.